The van der Waals surface area contributed by atoms with Crippen molar-refractivity contribution in [2.45, 2.75) is 26.8 Å². The fraction of sp³-hybridized carbons (Fsp3) is 0.250. The lowest BCUT2D eigenvalue weighted by molar-refractivity contribution is 0.526. The van der Waals surface area contributed by atoms with Crippen LogP contribution in [0.4, 0.5) is 0 Å². The van der Waals surface area contributed by atoms with Gasteiger partial charge in [0.1, 0.15) is 11.3 Å². The first-order chi connectivity index (χ1) is 9.06. The first kappa shape index (κ1) is 12.5. The molecule has 0 aliphatic heterocycles. The molecule has 0 spiro atoms. The van der Waals surface area contributed by atoms with Gasteiger partial charge in [0.2, 0.25) is 0 Å². The Hall–Kier alpha value is -1.58. The quantitative estimate of drug-likeness (QED) is 0.747. The predicted molar refractivity (Wildman–Crippen MR) is 80.8 cm³/mol. The smallest absolute Gasteiger partial charge is 0.137 e. The van der Waals surface area contributed by atoms with Crippen LogP contribution < -0.4 is 5.73 Å². The number of fused-ring (bicyclic) bond motifs is 1. The van der Waals surface area contributed by atoms with E-state index in [1.807, 2.05) is 6.07 Å². The van der Waals surface area contributed by atoms with Gasteiger partial charge in [-0.15, -0.1) is 11.3 Å². The summed E-state index contributed by atoms with van der Waals surface area (Å²) >= 11 is 1.75. The summed E-state index contributed by atoms with van der Waals surface area (Å²) in [4.78, 5) is 2.48. The summed E-state index contributed by atoms with van der Waals surface area (Å²) in [5.74, 6) is 0.838. The third kappa shape index (κ3) is 2.09. The molecule has 0 saturated heterocycles. The molecule has 3 aromatic rings. The lowest BCUT2D eigenvalue weighted by Crippen LogP contribution is -2.08. The van der Waals surface area contributed by atoms with Crippen LogP contribution in [-0.4, -0.2) is 0 Å². The molecule has 1 atom stereocenters. The molecule has 2 nitrogen and oxygen atoms in total. The lowest BCUT2D eigenvalue weighted by atomic mass is 10.1. The van der Waals surface area contributed by atoms with E-state index in [0.717, 1.165) is 27.2 Å². The zero-order valence-electron chi connectivity index (χ0n) is 11.4. The molecule has 1 unspecified atom stereocenters. The van der Waals surface area contributed by atoms with Crippen molar-refractivity contribution < 1.29 is 4.42 Å². The molecule has 0 fully saturated rings. The van der Waals surface area contributed by atoms with Crippen molar-refractivity contribution in [2.75, 3.05) is 0 Å². The fourth-order valence-electron chi connectivity index (χ4n) is 2.28. The molecule has 0 aliphatic carbocycles. The van der Waals surface area contributed by atoms with Crippen LogP contribution in [0.5, 0.6) is 0 Å². The van der Waals surface area contributed by atoms with Gasteiger partial charge >= 0.3 is 0 Å². The van der Waals surface area contributed by atoms with E-state index in [1.165, 1.54) is 10.4 Å². The summed E-state index contributed by atoms with van der Waals surface area (Å²) in [5.41, 5.74) is 9.71. The Morgan fingerprint density at radius 2 is 1.89 bits per heavy atom. The summed E-state index contributed by atoms with van der Waals surface area (Å²) < 4.78 is 5.95. The van der Waals surface area contributed by atoms with Crippen LogP contribution in [0.25, 0.3) is 11.0 Å². The van der Waals surface area contributed by atoms with Gasteiger partial charge in [0, 0.05) is 15.1 Å². The highest BCUT2D eigenvalue weighted by molar-refractivity contribution is 7.12. The van der Waals surface area contributed by atoms with E-state index in [4.69, 9.17) is 10.2 Å². The number of furan rings is 1. The molecule has 19 heavy (non-hydrogen) atoms. The Morgan fingerprint density at radius 1 is 1.11 bits per heavy atom. The minimum atomic E-state index is -0.177. The summed E-state index contributed by atoms with van der Waals surface area (Å²) in [6.45, 7) is 6.30. The molecular formula is C16H17NOS. The van der Waals surface area contributed by atoms with Crippen LogP contribution in [0.15, 0.2) is 34.7 Å². The Balaban J connectivity index is 2.06. The van der Waals surface area contributed by atoms with Crippen molar-refractivity contribution in [3.63, 3.8) is 0 Å². The molecular weight excluding hydrogens is 254 g/mol. The number of nitrogens with two attached hydrogens (primary N) is 1. The maximum atomic E-state index is 6.33. The largest absolute Gasteiger partial charge is 0.459 e. The zero-order chi connectivity index (χ0) is 13.6. The second kappa shape index (κ2) is 4.51. The number of benzene rings is 1. The van der Waals surface area contributed by atoms with E-state index in [2.05, 4.69) is 45.0 Å². The summed E-state index contributed by atoms with van der Waals surface area (Å²) in [5, 5.41) is 1.12. The molecule has 0 bridgehead atoms. The Morgan fingerprint density at radius 3 is 2.53 bits per heavy atom. The van der Waals surface area contributed by atoms with Gasteiger partial charge in [-0.05, 0) is 44.0 Å². The molecule has 2 aromatic heterocycles. The fourth-order valence-corrected chi connectivity index (χ4v) is 3.33. The van der Waals surface area contributed by atoms with Crippen LogP contribution in [0, 0.1) is 20.8 Å². The topological polar surface area (TPSA) is 39.2 Å². The molecule has 0 amide bonds. The van der Waals surface area contributed by atoms with Crippen LogP contribution in [0.2, 0.25) is 0 Å². The Kier molecular flexibility index (Phi) is 2.96. The maximum Gasteiger partial charge on any atom is 0.137 e. The highest BCUT2D eigenvalue weighted by Crippen LogP contribution is 2.32. The monoisotopic (exact) mass is 271 g/mol. The Labute approximate surface area is 116 Å². The Bertz CT molecular complexity index is 719. The van der Waals surface area contributed by atoms with Gasteiger partial charge in [-0.25, -0.2) is 0 Å². The molecule has 2 N–H and O–H groups in total. The maximum absolute atomic E-state index is 6.33. The van der Waals surface area contributed by atoms with E-state index in [-0.39, 0.29) is 6.04 Å². The molecule has 98 valence electrons. The third-order valence-electron chi connectivity index (χ3n) is 3.56. The SMILES string of the molecule is Cc1cc(C(N)c2cc3cccc(C)c3o2)sc1C. The van der Waals surface area contributed by atoms with Gasteiger partial charge in [-0.1, -0.05) is 18.2 Å². The highest BCUT2D eigenvalue weighted by atomic mass is 32.1. The van der Waals surface area contributed by atoms with Gasteiger partial charge in [0.05, 0.1) is 6.04 Å². The second-order valence-electron chi connectivity index (χ2n) is 5.01. The van der Waals surface area contributed by atoms with Crippen molar-refractivity contribution in [3.8, 4) is 0 Å². The summed E-state index contributed by atoms with van der Waals surface area (Å²) in [7, 11) is 0. The van der Waals surface area contributed by atoms with E-state index in [0.29, 0.717) is 0 Å². The van der Waals surface area contributed by atoms with Gasteiger partial charge < -0.3 is 10.2 Å². The molecule has 1 aromatic carbocycles. The van der Waals surface area contributed by atoms with E-state index in [9.17, 15) is 0 Å². The van der Waals surface area contributed by atoms with Crippen LogP contribution in [0.1, 0.15) is 32.7 Å². The normalized spacial score (nSPS) is 13.1. The lowest BCUT2D eigenvalue weighted by Gasteiger charge is -2.05. The first-order valence-electron chi connectivity index (χ1n) is 6.38. The van der Waals surface area contributed by atoms with E-state index in [1.54, 1.807) is 11.3 Å². The average Bonchev–Trinajstić information content (AvgIpc) is 2.94. The average molecular weight is 271 g/mol. The summed E-state index contributed by atoms with van der Waals surface area (Å²) in [6.07, 6.45) is 0. The van der Waals surface area contributed by atoms with E-state index < -0.39 is 0 Å². The number of thiophene rings is 1. The molecule has 0 saturated carbocycles. The molecule has 3 heteroatoms. The van der Waals surface area contributed by atoms with Crippen LogP contribution in [-0.2, 0) is 0 Å². The van der Waals surface area contributed by atoms with Crippen molar-refractivity contribution >= 4 is 22.3 Å². The molecule has 0 radical (unpaired) electrons. The minimum absolute atomic E-state index is 0.177. The molecule has 3 rings (SSSR count). The first-order valence-corrected chi connectivity index (χ1v) is 7.19. The number of rotatable bonds is 2. The second-order valence-corrected chi connectivity index (χ2v) is 6.30. The number of aryl methyl sites for hydroxylation is 3. The predicted octanol–water partition coefficient (Wildman–Crippen LogP) is 4.47. The number of hydrogen-bond acceptors (Lipinski definition) is 3. The number of hydrogen-bond donors (Lipinski definition) is 1. The van der Waals surface area contributed by atoms with Crippen LogP contribution in [0.3, 0.4) is 0 Å². The van der Waals surface area contributed by atoms with E-state index >= 15 is 0 Å². The van der Waals surface area contributed by atoms with Gasteiger partial charge in [-0.2, -0.15) is 0 Å². The molecule has 2 heterocycles. The zero-order valence-corrected chi connectivity index (χ0v) is 12.2. The van der Waals surface area contributed by atoms with Crippen molar-refractivity contribution in [1.29, 1.82) is 0 Å². The van der Waals surface area contributed by atoms with Crippen molar-refractivity contribution in [1.82, 2.24) is 0 Å². The third-order valence-corrected chi connectivity index (χ3v) is 4.79. The van der Waals surface area contributed by atoms with Crippen molar-refractivity contribution in [2.24, 2.45) is 5.73 Å². The minimum Gasteiger partial charge on any atom is -0.459 e. The van der Waals surface area contributed by atoms with Gasteiger partial charge in [-0.3, -0.25) is 0 Å². The highest BCUT2D eigenvalue weighted by Gasteiger charge is 2.17. The number of para-hydroxylation sites is 1. The van der Waals surface area contributed by atoms with Gasteiger partial charge in [0.25, 0.3) is 0 Å². The summed E-state index contributed by atoms with van der Waals surface area (Å²) in [6, 6.07) is 10.2. The van der Waals surface area contributed by atoms with Gasteiger partial charge in [0.15, 0.2) is 0 Å². The molecule has 0 aliphatic rings. The van der Waals surface area contributed by atoms with Crippen molar-refractivity contribution in [3.05, 3.63) is 57.0 Å². The van der Waals surface area contributed by atoms with Crippen LogP contribution >= 0.6 is 11.3 Å². The standard InChI is InChI=1S/C16H17NOS/c1-9-5-4-6-12-8-13(18-16(9)12)15(17)14-7-10(2)11(3)19-14/h4-8,15H,17H2,1-3H3.